The number of aryl methyl sites for hydroxylation is 1. The van der Waals surface area contributed by atoms with E-state index in [0.717, 1.165) is 8.95 Å². The predicted octanol–water partition coefficient (Wildman–Crippen LogP) is 4.86. The molecule has 0 saturated carbocycles. The van der Waals surface area contributed by atoms with Crippen molar-refractivity contribution in [1.82, 2.24) is 4.98 Å². The van der Waals surface area contributed by atoms with Crippen molar-refractivity contribution in [1.29, 1.82) is 0 Å². The fourth-order valence-corrected chi connectivity index (χ4v) is 2.52. The summed E-state index contributed by atoms with van der Waals surface area (Å²) in [6.07, 6.45) is 1.63. The molecule has 1 aromatic heterocycles. The first-order chi connectivity index (χ1) is 7.02. The summed E-state index contributed by atoms with van der Waals surface area (Å²) >= 11 is 12.6. The lowest BCUT2D eigenvalue weighted by Crippen LogP contribution is -1.90. The van der Waals surface area contributed by atoms with Gasteiger partial charge in [-0.05, 0) is 50.4 Å². The minimum absolute atomic E-state index is 0.321. The van der Waals surface area contributed by atoms with Crippen molar-refractivity contribution in [3.8, 4) is 0 Å². The van der Waals surface area contributed by atoms with E-state index in [1.807, 2.05) is 0 Å². The third-order valence-corrected chi connectivity index (χ3v) is 4.43. The highest BCUT2D eigenvalue weighted by molar-refractivity contribution is 9.13. The molecule has 0 fully saturated rings. The lowest BCUT2D eigenvalue weighted by molar-refractivity contribution is 0.621. The van der Waals surface area contributed by atoms with Crippen LogP contribution in [0.5, 0.6) is 0 Å². The van der Waals surface area contributed by atoms with Crippen LogP contribution in [0.3, 0.4) is 0 Å². The minimum Gasteiger partial charge on any atom is -0.253 e. The highest BCUT2D eigenvalue weighted by atomic mass is 79.9. The summed E-state index contributed by atoms with van der Waals surface area (Å²) in [6.45, 7) is 1.70. The molecule has 1 nitrogen and oxygen atoms in total. The van der Waals surface area contributed by atoms with Crippen LogP contribution in [0.15, 0.2) is 21.2 Å². The first-order valence-corrected chi connectivity index (χ1v) is 6.07. The Morgan fingerprint density at radius 3 is 2.73 bits per heavy atom. The maximum absolute atomic E-state index is 13.5. The number of fused-ring (bicyclic) bond motifs is 1. The van der Waals surface area contributed by atoms with Crippen LogP contribution in [0.25, 0.3) is 10.9 Å². The molecule has 0 amide bonds. The topological polar surface area (TPSA) is 12.9 Å². The molecule has 0 atom stereocenters. The van der Waals surface area contributed by atoms with Crippen molar-refractivity contribution in [2.75, 3.05) is 0 Å². The van der Waals surface area contributed by atoms with E-state index >= 15 is 0 Å². The highest BCUT2D eigenvalue weighted by Crippen LogP contribution is 2.36. The van der Waals surface area contributed by atoms with Gasteiger partial charge in [0.1, 0.15) is 5.82 Å². The van der Waals surface area contributed by atoms with E-state index < -0.39 is 0 Å². The van der Waals surface area contributed by atoms with Gasteiger partial charge in [-0.1, -0.05) is 11.6 Å². The molecule has 1 heterocycles. The molecule has 0 aliphatic rings. The Morgan fingerprint density at radius 2 is 2.07 bits per heavy atom. The van der Waals surface area contributed by atoms with Crippen molar-refractivity contribution < 1.29 is 4.39 Å². The normalized spacial score (nSPS) is 11.0. The number of pyridine rings is 1. The maximum Gasteiger partial charge on any atom is 0.128 e. The largest absolute Gasteiger partial charge is 0.253 e. The lowest BCUT2D eigenvalue weighted by atomic mass is 10.1. The Labute approximate surface area is 108 Å². The number of rotatable bonds is 0. The third kappa shape index (κ3) is 1.79. The second-order valence-corrected chi connectivity index (χ2v) is 5.16. The zero-order chi connectivity index (χ0) is 11.2. The molecule has 0 radical (unpaired) electrons. The van der Waals surface area contributed by atoms with E-state index in [0.29, 0.717) is 21.5 Å². The number of hydrogen-bond acceptors (Lipinski definition) is 1. The number of nitrogens with zero attached hydrogens (tertiary/aromatic N) is 1. The Morgan fingerprint density at radius 1 is 1.40 bits per heavy atom. The summed E-state index contributed by atoms with van der Waals surface area (Å²) in [6, 6.07) is 1.28. The molecule has 0 saturated heterocycles. The van der Waals surface area contributed by atoms with Crippen LogP contribution in [0.4, 0.5) is 4.39 Å². The van der Waals surface area contributed by atoms with Gasteiger partial charge in [0.05, 0.1) is 15.0 Å². The zero-order valence-corrected chi connectivity index (χ0v) is 11.5. The maximum atomic E-state index is 13.5. The second-order valence-electron chi connectivity index (χ2n) is 3.11. The number of aromatic nitrogens is 1. The van der Waals surface area contributed by atoms with Crippen molar-refractivity contribution in [2.45, 2.75) is 6.92 Å². The van der Waals surface area contributed by atoms with Gasteiger partial charge in [-0.25, -0.2) is 4.39 Å². The third-order valence-electron chi connectivity index (χ3n) is 2.19. The van der Waals surface area contributed by atoms with Gasteiger partial charge in [0.15, 0.2) is 0 Å². The molecule has 2 aromatic rings. The quantitative estimate of drug-likeness (QED) is 0.659. The van der Waals surface area contributed by atoms with Gasteiger partial charge in [-0.2, -0.15) is 0 Å². The Kier molecular flexibility index (Phi) is 3.01. The van der Waals surface area contributed by atoms with E-state index in [9.17, 15) is 4.39 Å². The van der Waals surface area contributed by atoms with Crippen molar-refractivity contribution >= 4 is 54.4 Å². The van der Waals surface area contributed by atoms with E-state index in [4.69, 9.17) is 11.6 Å². The smallest absolute Gasteiger partial charge is 0.128 e. The molecule has 0 aliphatic carbocycles. The predicted molar refractivity (Wildman–Crippen MR) is 66.8 cm³/mol. The van der Waals surface area contributed by atoms with Crippen LogP contribution in [-0.2, 0) is 0 Å². The number of benzene rings is 1. The summed E-state index contributed by atoms with van der Waals surface area (Å²) in [5.41, 5.74) is 1.14. The molecule has 1 aromatic carbocycles. The summed E-state index contributed by atoms with van der Waals surface area (Å²) in [5, 5.41) is 1.02. The SMILES string of the molecule is Cc1c(F)cc(Cl)c2ncc(Br)c(Br)c12. The molecule has 2 rings (SSSR count). The van der Waals surface area contributed by atoms with Crippen LogP contribution in [0, 0.1) is 12.7 Å². The molecule has 0 unspecified atom stereocenters. The molecule has 0 bridgehead atoms. The highest BCUT2D eigenvalue weighted by Gasteiger charge is 2.13. The van der Waals surface area contributed by atoms with Gasteiger partial charge in [0, 0.05) is 16.1 Å². The Hall–Kier alpha value is -0.190. The Bertz CT molecular complexity index is 549. The molecule has 0 spiro atoms. The molecule has 5 heteroatoms. The second kappa shape index (κ2) is 4.00. The van der Waals surface area contributed by atoms with Crippen LogP contribution < -0.4 is 0 Å². The van der Waals surface area contributed by atoms with Gasteiger partial charge >= 0.3 is 0 Å². The van der Waals surface area contributed by atoms with E-state index in [1.54, 1.807) is 13.1 Å². The summed E-state index contributed by atoms with van der Waals surface area (Å²) in [5.74, 6) is -0.326. The van der Waals surface area contributed by atoms with Crippen molar-refractivity contribution in [3.63, 3.8) is 0 Å². The van der Waals surface area contributed by atoms with Crippen LogP contribution in [0.2, 0.25) is 5.02 Å². The lowest BCUT2D eigenvalue weighted by Gasteiger charge is -2.08. The standard InChI is InChI=1S/C10H5Br2ClFN/c1-4-7(14)2-6(13)10-8(4)9(12)5(11)3-15-10/h2-3H,1H3. The van der Waals surface area contributed by atoms with E-state index in [1.165, 1.54) is 6.07 Å². The number of hydrogen-bond donors (Lipinski definition) is 0. The fourth-order valence-electron chi connectivity index (χ4n) is 1.40. The number of halogens is 4. The average Bonchev–Trinajstić information content (AvgIpc) is 2.19. The Balaban J connectivity index is 3.04. The average molecular weight is 353 g/mol. The van der Waals surface area contributed by atoms with Gasteiger partial charge < -0.3 is 0 Å². The van der Waals surface area contributed by atoms with Gasteiger partial charge in [-0.15, -0.1) is 0 Å². The van der Waals surface area contributed by atoms with E-state index in [2.05, 4.69) is 36.8 Å². The molecule has 0 N–H and O–H groups in total. The summed E-state index contributed by atoms with van der Waals surface area (Å²) < 4.78 is 15.0. The molecule has 78 valence electrons. The van der Waals surface area contributed by atoms with Gasteiger partial charge in [0.2, 0.25) is 0 Å². The first-order valence-electron chi connectivity index (χ1n) is 4.10. The van der Waals surface area contributed by atoms with Crippen LogP contribution in [-0.4, -0.2) is 4.98 Å². The molecule has 0 aliphatic heterocycles. The zero-order valence-electron chi connectivity index (χ0n) is 7.61. The molecule has 15 heavy (non-hydrogen) atoms. The summed E-state index contributed by atoms with van der Waals surface area (Å²) in [4.78, 5) is 4.17. The van der Waals surface area contributed by atoms with Gasteiger partial charge in [-0.3, -0.25) is 4.98 Å². The molecular formula is C10H5Br2ClFN. The monoisotopic (exact) mass is 351 g/mol. The van der Waals surface area contributed by atoms with Crippen LogP contribution in [0.1, 0.15) is 5.56 Å². The van der Waals surface area contributed by atoms with Crippen molar-refractivity contribution in [3.05, 3.63) is 37.6 Å². The minimum atomic E-state index is -0.326. The van der Waals surface area contributed by atoms with Crippen LogP contribution >= 0.6 is 43.5 Å². The summed E-state index contributed by atoms with van der Waals surface area (Å²) in [7, 11) is 0. The van der Waals surface area contributed by atoms with E-state index in [-0.39, 0.29) is 5.82 Å². The first kappa shape index (κ1) is 11.3. The van der Waals surface area contributed by atoms with Gasteiger partial charge in [0.25, 0.3) is 0 Å². The molecular weight excluding hydrogens is 348 g/mol. The fraction of sp³-hybridized carbons (Fsp3) is 0.100. The van der Waals surface area contributed by atoms with Crippen molar-refractivity contribution in [2.24, 2.45) is 0 Å².